The van der Waals surface area contributed by atoms with Crippen molar-refractivity contribution in [1.29, 1.82) is 0 Å². The number of hydrogen-bond acceptors (Lipinski definition) is 3. The van der Waals surface area contributed by atoms with E-state index in [1.807, 2.05) is 13.0 Å². The van der Waals surface area contributed by atoms with Crippen LogP contribution < -0.4 is 11.1 Å². The zero-order valence-corrected chi connectivity index (χ0v) is 12.7. The quantitative estimate of drug-likeness (QED) is 0.816. The molecule has 1 unspecified atom stereocenters. The number of amides is 2. The Labute approximate surface area is 125 Å². The zero-order valence-electron chi connectivity index (χ0n) is 12.7. The predicted octanol–water partition coefficient (Wildman–Crippen LogP) is 2.16. The first kappa shape index (κ1) is 15.4. The van der Waals surface area contributed by atoms with Crippen molar-refractivity contribution in [2.75, 3.05) is 24.1 Å². The van der Waals surface area contributed by atoms with Crippen molar-refractivity contribution in [2.24, 2.45) is 5.92 Å². The number of likely N-dealkylation sites (tertiary alicyclic amines) is 1. The van der Waals surface area contributed by atoms with Crippen molar-refractivity contribution in [3.8, 4) is 0 Å². The van der Waals surface area contributed by atoms with E-state index in [1.54, 1.807) is 17.0 Å². The van der Waals surface area contributed by atoms with Gasteiger partial charge in [-0.3, -0.25) is 9.59 Å². The van der Waals surface area contributed by atoms with Crippen LogP contribution in [0.25, 0.3) is 0 Å². The Kier molecular flexibility index (Phi) is 4.83. The Balaban J connectivity index is 1.93. The van der Waals surface area contributed by atoms with Gasteiger partial charge in [0.25, 0.3) is 0 Å². The lowest BCUT2D eigenvalue weighted by Crippen LogP contribution is -2.34. The molecule has 1 heterocycles. The highest BCUT2D eigenvalue weighted by atomic mass is 16.2. The van der Waals surface area contributed by atoms with Crippen LogP contribution in [-0.2, 0) is 9.59 Å². The topological polar surface area (TPSA) is 75.4 Å². The lowest BCUT2D eigenvalue weighted by molar-refractivity contribution is -0.131. The van der Waals surface area contributed by atoms with Crippen LogP contribution in [0, 0.1) is 12.8 Å². The van der Waals surface area contributed by atoms with Crippen molar-refractivity contribution in [2.45, 2.75) is 33.1 Å². The molecule has 0 aromatic heterocycles. The fourth-order valence-electron chi connectivity index (χ4n) is 2.76. The van der Waals surface area contributed by atoms with Crippen LogP contribution in [0.2, 0.25) is 0 Å². The molecule has 114 valence electrons. The minimum absolute atomic E-state index is 0.0768. The van der Waals surface area contributed by atoms with E-state index in [-0.39, 0.29) is 18.4 Å². The molecule has 1 aliphatic rings. The van der Waals surface area contributed by atoms with Crippen molar-refractivity contribution in [3.63, 3.8) is 0 Å². The molecular weight excluding hydrogens is 266 g/mol. The Hall–Kier alpha value is -2.04. The number of nitrogens with one attached hydrogen (secondary N) is 1. The van der Waals surface area contributed by atoms with Crippen LogP contribution in [0.15, 0.2) is 18.2 Å². The Morgan fingerprint density at radius 3 is 2.95 bits per heavy atom. The van der Waals surface area contributed by atoms with Crippen LogP contribution in [0.5, 0.6) is 0 Å². The van der Waals surface area contributed by atoms with Gasteiger partial charge >= 0.3 is 0 Å². The van der Waals surface area contributed by atoms with Crippen molar-refractivity contribution < 1.29 is 9.59 Å². The summed E-state index contributed by atoms with van der Waals surface area (Å²) in [6.45, 7) is 4.79. The van der Waals surface area contributed by atoms with Crippen LogP contribution in [0.3, 0.4) is 0 Å². The Bertz CT molecular complexity index is 542. The van der Waals surface area contributed by atoms with E-state index in [0.717, 1.165) is 18.4 Å². The molecule has 21 heavy (non-hydrogen) atoms. The second-order valence-corrected chi connectivity index (χ2v) is 5.70. The number of benzene rings is 1. The van der Waals surface area contributed by atoms with Gasteiger partial charge in [-0.2, -0.15) is 0 Å². The molecule has 1 fully saturated rings. The molecule has 1 aromatic rings. The fraction of sp³-hybridized carbons (Fsp3) is 0.500. The van der Waals surface area contributed by atoms with Gasteiger partial charge in [0.05, 0.1) is 6.54 Å². The number of carbonyl (C=O) groups is 2. The molecule has 0 saturated carbocycles. The van der Waals surface area contributed by atoms with E-state index in [2.05, 4.69) is 12.2 Å². The molecule has 1 aromatic carbocycles. The largest absolute Gasteiger partial charge is 0.398 e. The average Bonchev–Trinajstić information content (AvgIpc) is 2.76. The van der Waals surface area contributed by atoms with E-state index in [4.69, 9.17) is 5.73 Å². The van der Waals surface area contributed by atoms with Gasteiger partial charge in [-0.05, 0) is 37.0 Å². The summed E-state index contributed by atoms with van der Waals surface area (Å²) >= 11 is 0. The molecule has 0 radical (unpaired) electrons. The molecular formula is C16H23N3O2. The number of carbonyl (C=O) groups excluding carboxylic acids is 2. The predicted molar refractivity (Wildman–Crippen MR) is 83.8 cm³/mol. The third-order valence-electron chi connectivity index (χ3n) is 3.98. The smallest absolute Gasteiger partial charge is 0.244 e. The number of hydrogen-bond donors (Lipinski definition) is 2. The molecule has 3 N–H and O–H groups in total. The monoisotopic (exact) mass is 289 g/mol. The van der Waals surface area contributed by atoms with E-state index in [9.17, 15) is 9.59 Å². The molecule has 2 amide bonds. The van der Waals surface area contributed by atoms with Gasteiger partial charge < -0.3 is 16.0 Å². The lowest BCUT2D eigenvalue weighted by Gasteiger charge is -2.17. The first-order chi connectivity index (χ1) is 10.0. The summed E-state index contributed by atoms with van der Waals surface area (Å²) in [5, 5.41) is 2.83. The van der Waals surface area contributed by atoms with Gasteiger partial charge in [0.15, 0.2) is 0 Å². The summed E-state index contributed by atoms with van der Waals surface area (Å²) in [5.41, 5.74) is 8.02. The average molecular weight is 289 g/mol. The third kappa shape index (κ3) is 3.74. The number of nitrogens with two attached hydrogens (primary N) is 1. The SMILES string of the molecule is CCCC1CC(=O)N(CC(=O)Nc2cccc(N)c2C)C1. The number of rotatable bonds is 5. The van der Waals surface area contributed by atoms with Crippen LogP contribution in [-0.4, -0.2) is 29.8 Å². The van der Waals surface area contributed by atoms with E-state index in [0.29, 0.717) is 30.3 Å². The summed E-state index contributed by atoms with van der Waals surface area (Å²) in [6, 6.07) is 5.41. The molecule has 1 saturated heterocycles. The third-order valence-corrected chi connectivity index (χ3v) is 3.98. The van der Waals surface area contributed by atoms with Gasteiger partial charge in [-0.1, -0.05) is 19.4 Å². The molecule has 0 bridgehead atoms. The van der Waals surface area contributed by atoms with Crippen molar-refractivity contribution >= 4 is 23.2 Å². The molecule has 1 atom stereocenters. The number of anilines is 2. The first-order valence-corrected chi connectivity index (χ1v) is 7.44. The summed E-state index contributed by atoms with van der Waals surface area (Å²) in [7, 11) is 0. The minimum Gasteiger partial charge on any atom is -0.398 e. The van der Waals surface area contributed by atoms with E-state index in [1.165, 1.54) is 0 Å². The summed E-state index contributed by atoms with van der Waals surface area (Å²) in [5.74, 6) is 0.298. The second kappa shape index (κ2) is 6.61. The first-order valence-electron chi connectivity index (χ1n) is 7.44. The maximum atomic E-state index is 12.1. The van der Waals surface area contributed by atoms with Gasteiger partial charge in [-0.15, -0.1) is 0 Å². The van der Waals surface area contributed by atoms with Gasteiger partial charge in [0.1, 0.15) is 0 Å². The summed E-state index contributed by atoms with van der Waals surface area (Å²) < 4.78 is 0. The van der Waals surface area contributed by atoms with E-state index >= 15 is 0 Å². The van der Waals surface area contributed by atoms with Crippen LogP contribution >= 0.6 is 0 Å². The van der Waals surface area contributed by atoms with Crippen LogP contribution in [0.4, 0.5) is 11.4 Å². The highest BCUT2D eigenvalue weighted by molar-refractivity contribution is 5.96. The van der Waals surface area contributed by atoms with Crippen molar-refractivity contribution in [3.05, 3.63) is 23.8 Å². The van der Waals surface area contributed by atoms with Gasteiger partial charge in [0, 0.05) is 24.3 Å². The molecule has 1 aliphatic heterocycles. The fourth-order valence-corrected chi connectivity index (χ4v) is 2.76. The Morgan fingerprint density at radius 1 is 1.48 bits per heavy atom. The maximum absolute atomic E-state index is 12.1. The van der Waals surface area contributed by atoms with E-state index < -0.39 is 0 Å². The number of nitrogen functional groups attached to an aromatic ring is 1. The Morgan fingerprint density at radius 2 is 2.24 bits per heavy atom. The molecule has 0 aliphatic carbocycles. The molecule has 0 spiro atoms. The van der Waals surface area contributed by atoms with Gasteiger partial charge in [0.2, 0.25) is 11.8 Å². The molecule has 5 heteroatoms. The second-order valence-electron chi connectivity index (χ2n) is 5.70. The molecule has 2 rings (SSSR count). The highest BCUT2D eigenvalue weighted by Gasteiger charge is 2.30. The number of nitrogens with zero attached hydrogens (tertiary/aromatic N) is 1. The van der Waals surface area contributed by atoms with Crippen LogP contribution in [0.1, 0.15) is 31.7 Å². The van der Waals surface area contributed by atoms with Crippen molar-refractivity contribution in [1.82, 2.24) is 4.90 Å². The minimum atomic E-state index is -0.172. The normalized spacial score (nSPS) is 18.1. The lowest BCUT2D eigenvalue weighted by atomic mass is 10.0. The molecule has 5 nitrogen and oxygen atoms in total. The standard InChI is InChI=1S/C16H23N3O2/c1-3-5-12-8-16(21)19(9-12)10-15(20)18-14-7-4-6-13(17)11(14)2/h4,6-7,12H,3,5,8-10,17H2,1-2H3,(H,18,20). The summed E-state index contributed by atoms with van der Waals surface area (Å²) in [6.07, 6.45) is 2.68. The van der Waals surface area contributed by atoms with Gasteiger partial charge in [-0.25, -0.2) is 0 Å². The maximum Gasteiger partial charge on any atom is 0.244 e. The summed E-state index contributed by atoms with van der Waals surface area (Å²) in [4.78, 5) is 25.6. The highest BCUT2D eigenvalue weighted by Crippen LogP contribution is 2.23. The zero-order chi connectivity index (χ0) is 15.4.